The number of hydrogen-bond acceptors (Lipinski definition) is 0. The summed E-state index contributed by atoms with van der Waals surface area (Å²) in [5.74, 6) is 6.70. The highest BCUT2D eigenvalue weighted by atomic mass is 79.9. The Labute approximate surface area is 92.4 Å². The van der Waals surface area contributed by atoms with Crippen LogP contribution in [0.15, 0.2) is 22.7 Å². The molecule has 0 atom stereocenters. The number of hydrogen-bond donors (Lipinski definition) is 0. The summed E-state index contributed by atoms with van der Waals surface area (Å²) in [6.07, 6.45) is 0.744. The number of rotatable bonds is 1. The smallest absolute Gasteiger partial charge is 0.0333 e. The van der Waals surface area contributed by atoms with Crippen molar-refractivity contribution in [1.82, 2.24) is 0 Å². The highest BCUT2D eigenvalue weighted by molar-refractivity contribution is 9.10. The predicted octanol–water partition coefficient (Wildman–Crippen LogP) is 3.74. The number of benzene rings is 1. The normalized spacial score (nSPS) is 9.15. The molecule has 13 heavy (non-hydrogen) atoms. The number of halogens is 2. The molecule has 0 saturated carbocycles. The van der Waals surface area contributed by atoms with Crippen molar-refractivity contribution < 1.29 is 0 Å². The fourth-order valence-electron chi connectivity index (χ4n) is 0.934. The van der Waals surface area contributed by atoms with Gasteiger partial charge in [0.25, 0.3) is 0 Å². The first-order chi connectivity index (χ1) is 6.24. The van der Waals surface area contributed by atoms with Gasteiger partial charge in [0.05, 0.1) is 0 Å². The Morgan fingerprint density at radius 2 is 2.23 bits per heavy atom. The number of aryl methyl sites for hydroxylation is 1. The zero-order valence-electron chi connectivity index (χ0n) is 7.40. The minimum absolute atomic E-state index is 0.597. The first-order valence-corrected chi connectivity index (χ1v) is 5.38. The zero-order valence-corrected chi connectivity index (χ0v) is 9.74. The van der Waals surface area contributed by atoms with E-state index in [1.807, 2.05) is 12.1 Å². The average molecular weight is 258 g/mol. The molecule has 0 saturated heterocycles. The third-order valence-electron chi connectivity index (χ3n) is 1.64. The molecule has 0 fully saturated rings. The quantitative estimate of drug-likeness (QED) is 0.531. The van der Waals surface area contributed by atoms with Gasteiger partial charge in [-0.1, -0.05) is 33.8 Å². The van der Waals surface area contributed by atoms with Gasteiger partial charge in [0.15, 0.2) is 0 Å². The van der Waals surface area contributed by atoms with Crippen molar-refractivity contribution in [2.24, 2.45) is 0 Å². The van der Waals surface area contributed by atoms with Crippen molar-refractivity contribution in [1.29, 1.82) is 0 Å². The van der Waals surface area contributed by atoms with E-state index >= 15 is 0 Å². The van der Waals surface area contributed by atoms with Gasteiger partial charge in [-0.2, -0.15) is 0 Å². The summed E-state index contributed by atoms with van der Waals surface area (Å²) in [7, 11) is 0. The molecule has 0 radical (unpaired) electrons. The molecule has 0 aliphatic carbocycles. The maximum atomic E-state index is 5.53. The lowest BCUT2D eigenvalue weighted by Crippen LogP contribution is -1.81. The van der Waals surface area contributed by atoms with Gasteiger partial charge in [0, 0.05) is 22.3 Å². The molecule has 0 N–H and O–H groups in total. The highest BCUT2D eigenvalue weighted by Gasteiger charge is 1.94. The Hall–Kier alpha value is -0.450. The molecule has 1 aromatic rings. The highest BCUT2D eigenvalue weighted by Crippen LogP contribution is 2.14. The van der Waals surface area contributed by atoms with Gasteiger partial charge in [-0.05, 0) is 24.6 Å². The van der Waals surface area contributed by atoms with Crippen LogP contribution in [0, 0.1) is 18.8 Å². The van der Waals surface area contributed by atoms with Gasteiger partial charge < -0.3 is 0 Å². The van der Waals surface area contributed by atoms with E-state index in [4.69, 9.17) is 11.6 Å². The van der Waals surface area contributed by atoms with Crippen molar-refractivity contribution in [2.75, 3.05) is 5.88 Å². The fraction of sp³-hybridized carbons (Fsp3) is 0.273. The van der Waals surface area contributed by atoms with Crippen molar-refractivity contribution >= 4 is 27.5 Å². The summed E-state index contributed by atoms with van der Waals surface area (Å²) in [5, 5.41) is 0. The molecule has 0 aliphatic heterocycles. The van der Waals surface area contributed by atoms with Gasteiger partial charge in [-0.15, -0.1) is 11.6 Å². The fourth-order valence-corrected chi connectivity index (χ4v) is 1.39. The Balaban J connectivity index is 2.89. The molecule has 1 aromatic carbocycles. The molecule has 68 valence electrons. The van der Waals surface area contributed by atoms with Crippen LogP contribution < -0.4 is 0 Å². The van der Waals surface area contributed by atoms with Gasteiger partial charge in [0.2, 0.25) is 0 Å². The van der Waals surface area contributed by atoms with Crippen LogP contribution in [0.5, 0.6) is 0 Å². The summed E-state index contributed by atoms with van der Waals surface area (Å²) in [6.45, 7) is 2.05. The van der Waals surface area contributed by atoms with E-state index in [2.05, 4.69) is 40.8 Å². The van der Waals surface area contributed by atoms with Crippen LogP contribution in [0.2, 0.25) is 0 Å². The molecular weight excluding hydrogens is 247 g/mol. The third kappa shape index (κ3) is 3.42. The molecule has 0 nitrogen and oxygen atoms in total. The molecule has 0 aliphatic rings. The second kappa shape index (κ2) is 5.32. The van der Waals surface area contributed by atoms with Crippen molar-refractivity contribution in [3.05, 3.63) is 33.8 Å². The minimum Gasteiger partial charge on any atom is -0.126 e. The Kier molecular flexibility index (Phi) is 4.35. The Bertz CT molecular complexity index is 347. The Morgan fingerprint density at radius 1 is 1.46 bits per heavy atom. The monoisotopic (exact) mass is 256 g/mol. The number of alkyl halides is 1. The molecule has 0 heterocycles. The van der Waals surface area contributed by atoms with Crippen molar-refractivity contribution in [2.45, 2.75) is 13.3 Å². The summed E-state index contributed by atoms with van der Waals surface area (Å²) >= 11 is 8.94. The topological polar surface area (TPSA) is 0 Å². The van der Waals surface area contributed by atoms with E-state index < -0.39 is 0 Å². The van der Waals surface area contributed by atoms with E-state index in [0.29, 0.717) is 5.88 Å². The molecule has 0 unspecified atom stereocenters. The molecule has 0 spiro atoms. The summed E-state index contributed by atoms with van der Waals surface area (Å²) in [6, 6.07) is 6.09. The van der Waals surface area contributed by atoms with Crippen LogP contribution in [-0.2, 0) is 0 Å². The van der Waals surface area contributed by atoms with Gasteiger partial charge >= 0.3 is 0 Å². The average Bonchev–Trinajstić information content (AvgIpc) is 2.11. The van der Waals surface area contributed by atoms with Crippen LogP contribution in [0.25, 0.3) is 0 Å². The second-order valence-electron chi connectivity index (χ2n) is 2.70. The van der Waals surface area contributed by atoms with Crippen molar-refractivity contribution in [3.63, 3.8) is 0 Å². The SMILES string of the molecule is Cc1ccc(Br)cc1C#CCCCl. The van der Waals surface area contributed by atoms with E-state index in [9.17, 15) is 0 Å². The van der Waals surface area contributed by atoms with E-state index in [0.717, 1.165) is 16.5 Å². The van der Waals surface area contributed by atoms with E-state index in [-0.39, 0.29) is 0 Å². The first kappa shape index (κ1) is 10.6. The van der Waals surface area contributed by atoms with Gasteiger partial charge in [0.1, 0.15) is 0 Å². The molecule has 0 aromatic heterocycles. The second-order valence-corrected chi connectivity index (χ2v) is 3.99. The largest absolute Gasteiger partial charge is 0.126 e. The van der Waals surface area contributed by atoms with E-state index in [1.165, 1.54) is 5.56 Å². The van der Waals surface area contributed by atoms with Gasteiger partial charge in [-0.25, -0.2) is 0 Å². The summed E-state index contributed by atoms with van der Waals surface area (Å²) in [4.78, 5) is 0. The maximum Gasteiger partial charge on any atom is 0.0333 e. The lowest BCUT2D eigenvalue weighted by Gasteiger charge is -1.97. The van der Waals surface area contributed by atoms with Crippen LogP contribution in [0.1, 0.15) is 17.5 Å². The first-order valence-electron chi connectivity index (χ1n) is 4.05. The lowest BCUT2D eigenvalue weighted by atomic mass is 10.1. The van der Waals surface area contributed by atoms with Crippen LogP contribution in [0.3, 0.4) is 0 Å². The summed E-state index contributed by atoms with van der Waals surface area (Å²) in [5.41, 5.74) is 2.27. The van der Waals surface area contributed by atoms with Crippen molar-refractivity contribution in [3.8, 4) is 11.8 Å². The molecule has 0 amide bonds. The maximum absolute atomic E-state index is 5.53. The summed E-state index contributed by atoms with van der Waals surface area (Å²) < 4.78 is 1.06. The predicted molar refractivity (Wildman–Crippen MR) is 61.1 cm³/mol. The van der Waals surface area contributed by atoms with Crippen LogP contribution in [0.4, 0.5) is 0 Å². The Morgan fingerprint density at radius 3 is 2.92 bits per heavy atom. The molecule has 2 heteroatoms. The lowest BCUT2D eigenvalue weighted by molar-refractivity contribution is 1.29. The third-order valence-corrected chi connectivity index (χ3v) is 2.32. The molecular formula is C11H10BrCl. The molecule has 1 rings (SSSR count). The standard InChI is InChI=1S/C11H10BrCl/c1-9-5-6-11(12)8-10(9)4-2-3-7-13/h5-6,8H,3,7H2,1H3. The van der Waals surface area contributed by atoms with Gasteiger partial charge in [-0.3, -0.25) is 0 Å². The zero-order chi connectivity index (χ0) is 9.68. The van der Waals surface area contributed by atoms with Crippen LogP contribution in [-0.4, -0.2) is 5.88 Å². The molecule has 0 bridgehead atoms. The van der Waals surface area contributed by atoms with E-state index in [1.54, 1.807) is 0 Å². The minimum atomic E-state index is 0.597. The van der Waals surface area contributed by atoms with Crippen LogP contribution >= 0.6 is 27.5 Å².